The molecule has 45 heavy (non-hydrogen) atoms. The number of aliphatic imine (C=N–C) groups is 1. The molecule has 0 radical (unpaired) electrons. The van der Waals surface area contributed by atoms with Crippen LogP contribution in [0.2, 0.25) is 0 Å². The molecule has 1 N–H and O–H groups in total. The number of aryl methyl sites for hydroxylation is 1. The van der Waals surface area contributed by atoms with Crippen LogP contribution in [0, 0.1) is 6.92 Å². The van der Waals surface area contributed by atoms with Crippen molar-refractivity contribution < 1.29 is 22.5 Å². The normalized spacial score (nSPS) is 18.5. The van der Waals surface area contributed by atoms with Crippen LogP contribution in [0.3, 0.4) is 0 Å². The maximum absolute atomic E-state index is 13.9. The first kappa shape index (κ1) is 31.5. The summed E-state index contributed by atoms with van der Waals surface area (Å²) < 4.78 is 42.1. The van der Waals surface area contributed by atoms with Gasteiger partial charge in [-0.3, -0.25) is 19.4 Å². The summed E-state index contributed by atoms with van der Waals surface area (Å²) in [6.07, 6.45) is 8.81. The van der Waals surface area contributed by atoms with E-state index in [1.165, 1.54) is 0 Å². The van der Waals surface area contributed by atoms with Crippen LogP contribution in [0.1, 0.15) is 101 Å². The van der Waals surface area contributed by atoms with E-state index in [1.807, 2.05) is 43.0 Å². The van der Waals surface area contributed by atoms with Crippen LogP contribution in [0.25, 0.3) is 11.1 Å². The summed E-state index contributed by atoms with van der Waals surface area (Å²) in [5.41, 5.74) is 2.97. The van der Waals surface area contributed by atoms with Crippen molar-refractivity contribution in [2.45, 2.75) is 114 Å². The van der Waals surface area contributed by atoms with Crippen molar-refractivity contribution in [2.24, 2.45) is 4.99 Å². The summed E-state index contributed by atoms with van der Waals surface area (Å²) in [6, 6.07) is 13.2. The number of amidine groups is 1. The lowest BCUT2D eigenvalue weighted by atomic mass is 9.92. The highest BCUT2D eigenvalue weighted by molar-refractivity contribution is 7.92. The molecule has 0 unspecified atom stereocenters. The van der Waals surface area contributed by atoms with Gasteiger partial charge in [0.25, 0.3) is 15.9 Å². The quantitative estimate of drug-likeness (QED) is 0.212. The number of benzene rings is 2. The summed E-state index contributed by atoms with van der Waals surface area (Å²) in [7, 11) is -4.01. The molecule has 0 bridgehead atoms. The minimum atomic E-state index is -4.01. The number of anilines is 1. The Labute approximate surface area is 266 Å². The van der Waals surface area contributed by atoms with Crippen molar-refractivity contribution in [3.8, 4) is 11.1 Å². The average Bonchev–Trinajstić information content (AvgIpc) is 3.39. The fourth-order valence-electron chi connectivity index (χ4n) is 7.06. The Morgan fingerprint density at radius 3 is 2.47 bits per heavy atom. The fourth-order valence-corrected chi connectivity index (χ4v) is 8.31. The summed E-state index contributed by atoms with van der Waals surface area (Å²) in [4.78, 5) is 21.0. The van der Waals surface area contributed by atoms with E-state index in [2.05, 4.69) is 22.9 Å². The number of rotatable bonds is 13. The van der Waals surface area contributed by atoms with Gasteiger partial charge >= 0.3 is 0 Å². The highest BCUT2D eigenvalue weighted by Gasteiger charge is 2.50. The molecule has 1 aliphatic heterocycles. The number of hydrogen-bond donors (Lipinski definition) is 1. The van der Waals surface area contributed by atoms with Crippen molar-refractivity contribution in [3.05, 3.63) is 64.9 Å². The zero-order valence-electron chi connectivity index (χ0n) is 26.8. The van der Waals surface area contributed by atoms with E-state index >= 15 is 0 Å². The van der Waals surface area contributed by atoms with E-state index < -0.39 is 21.2 Å². The molecule has 10 heteroatoms. The smallest absolute Gasteiger partial charge is 0.263 e. The molecule has 0 saturated heterocycles. The molecule has 2 aromatic carbocycles. The zero-order chi connectivity index (χ0) is 31.8. The molecular formula is C35H44N4O5S. The monoisotopic (exact) mass is 632 g/mol. The van der Waals surface area contributed by atoms with Crippen LogP contribution in [0.4, 0.5) is 5.82 Å². The topological polar surface area (TPSA) is 114 Å². The Morgan fingerprint density at radius 1 is 1.02 bits per heavy atom. The number of sulfonamides is 1. The van der Waals surface area contributed by atoms with E-state index in [-0.39, 0.29) is 16.6 Å². The molecule has 2 fully saturated rings. The molecule has 3 aliphatic rings. The van der Waals surface area contributed by atoms with Crippen LogP contribution in [-0.4, -0.2) is 42.4 Å². The number of nitrogens with one attached hydrogen (secondary N) is 1. The third kappa shape index (κ3) is 5.83. The van der Waals surface area contributed by atoms with Crippen LogP contribution in [0.5, 0.6) is 0 Å². The van der Waals surface area contributed by atoms with Gasteiger partial charge in [-0.1, -0.05) is 74.7 Å². The standard InChI is InChI=1S/C35H44N4O5S/c1-5-8-15-31-36-34(18-11-12-19-34)33(40)39(31)23-25-16-17-27(29(22-25)35(20-21-35)43-7-3)28-13-9-10-14-30(28)45(41,42)38-32-26(6-2)24(4)44-37-32/h9-10,13-14,16-17,22H,5-8,11-12,15,18-21,23H2,1-4H3,(H,37,38). The Bertz CT molecular complexity index is 1720. The number of hydrogen-bond acceptors (Lipinski definition) is 7. The first-order chi connectivity index (χ1) is 21.7. The predicted octanol–water partition coefficient (Wildman–Crippen LogP) is 7.28. The summed E-state index contributed by atoms with van der Waals surface area (Å²) in [5.74, 6) is 1.83. The van der Waals surface area contributed by atoms with Gasteiger partial charge in [0.05, 0.1) is 17.0 Å². The van der Waals surface area contributed by atoms with Crippen LogP contribution < -0.4 is 4.72 Å². The molecule has 0 atom stereocenters. The molecule has 1 aromatic heterocycles. The number of unbranched alkanes of at least 4 members (excludes halogenated alkanes) is 1. The van der Waals surface area contributed by atoms with Gasteiger partial charge in [0.1, 0.15) is 17.1 Å². The molecule has 9 nitrogen and oxygen atoms in total. The van der Waals surface area contributed by atoms with Crippen molar-refractivity contribution in [3.63, 3.8) is 0 Å². The molecule has 2 saturated carbocycles. The average molecular weight is 633 g/mol. The maximum atomic E-state index is 13.9. The second-order valence-electron chi connectivity index (χ2n) is 12.6. The zero-order valence-corrected chi connectivity index (χ0v) is 27.6. The van der Waals surface area contributed by atoms with Gasteiger partial charge in [-0.25, -0.2) is 8.42 Å². The lowest BCUT2D eigenvalue weighted by Gasteiger charge is -2.25. The molecule has 1 spiro atoms. The number of amides is 1. The van der Waals surface area contributed by atoms with E-state index in [4.69, 9.17) is 14.3 Å². The molecule has 6 rings (SSSR count). The second-order valence-corrected chi connectivity index (χ2v) is 14.2. The van der Waals surface area contributed by atoms with Crippen LogP contribution in [-0.2, 0) is 38.1 Å². The highest BCUT2D eigenvalue weighted by Crippen LogP contribution is 2.53. The maximum Gasteiger partial charge on any atom is 0.263 e. The number of nitrogens with zero attached hydrogens (tertiary/aromatic N) is 3. The number of aromatic nitrogens is 1. The van der Waals surface area contributed by atoms with Gasteiger partial charge in [-0.15, -0.1) is 0 Å². The van der Waals surface area contributed by atoms with Gasteiger partial charge in [0.15, 0.2) is 5.82 Å². The second kappa shape index (κ2) is 12.4. The molecule has 240 valence electrons. The van der Waals surface area contributed by atoms with E-state index in [0.29, 0.717) is 30.9 Å². The summed E-state index contributed by atoms with van der Waals surface area (Å²) in [5, 5.41) is 3.98. The largest absolute Gasteiger partial charge is 0.371 e. The van der Waals surface area contributed by atoms with Crippen molar-refractivity contribution in [1.29, 1.82) is 0 Å². The van der Waals surface area contributed by atoms with Crippen molar-refractivity contribution in [2.75, 3.05) is 11.3 Å². The lowest BCUT2D eigenvalue weighted by molar-refractivity contribution is -0.131. The van der Waals surface area contributed by atoms with Gasteiger partial charge in [0, 0.05) is 24.2 Å². The third-order valence-corrected chi connectivity index (χ3v) is 11.0. The Kier molecular flexibility index (Phi) is 8.65. The third-order valence-electron chi connectivity index (χ3n) is 9.56. The summed E-state index contributed by atoms with van der Waals surface area (Å²) >= 11 is 0. The van der Waals surface area contributed by atoms with Gasteiger partial charge in [0.2, 0.25) is 0 Å². The molecule has 2 heterocycles. The molecule has 1 amide bonds. The van der Waals surface area contributed by atoms with E-state index in [0.717, 1.165) is 85.9 Å². The highest BCUT2D eigenvalue weighted by atomic mass is 32.2. The van der Waals surface area contributed by atoms with E-state index in [9.17, 15) is 13.2 Å². The molecule has 2 aliphatic carbocycles. The summed E-state index contributed by atoms with van der Waals surface area (Å²) in [6.45, 7) is 8.82. The van der Waals surface area contributed by atoms with Crippen molar-refractivity contribution >= 4 is 27.6 Å². The van der Waals surface area contributed by atoms with Crippen LogP contribution in [0.15, 0.2) is 56.9 Å². The lowest BCUT2D eigenvalue weighted by Crippen LogP contribution is -2.40. The number of carbonyl (C=O) groups is 1. The van der Waals surface area contributed by atoms with E-state index in [1.54, 1.807) is 19.1 Å². The molecule has 3 aromatic rings. The van der Waals surface area contributed by atoms with Crippen molar-refractivity contribution in [1.82, 2.24) is 10.1 Å². The fraction of sp³-hybridized carbons (Fsp3) is 0.514. The Morgan fingerprint density at radius 2 is 1.78 bits per heavy atom. The van der Waals surface area contributed by atoms with Gasteiger partial charge in [-0.05, 0) is 75.1 Å². The first-order valence-corrected chi connectivity index (χ1v) is 17.9. The molecular weight excluding hydrogens is 588 g/mol. The minimum absolute atomic E-state index is 0.125. The SMILES string of the molecule is CCCCC1=NC2(CCCC2)C(=O)N1Cc1ccc(-c2ccccc2S(=O)(=O)Nc2noc(C)c2CC)c(C2(OCC)CC2)c1. The predicted molar refractivity (Wildman–Crippen MR) is 175 cm³/mol. The van der Waals surface area contributed by atoms with Gasteiger partial charge < -0.3 is 9.26 Å². The minimum Gasteiger partial charge on any atom is -0.371 e. The first-order valence-electron chi connectivity index (χ1n) is 16.4. The number of carbonyl (C=O) groups excluding carboxylic acids is 1. The number of ether oxygens (including phenoxy) is 1. The van der Waals surface area contributed by atoms with Crippen LogP contribution >= 0.6 is 0 Å². The van der Waals surface area contributed by atoms with Gasteiger partial charge in [-0.2, -0.15) is 0 Å². The Balaban J connectivity index is 1.39. The Hall–Kier alpha value is -3.50.